The standard InChI is InChI=1S/C44H31BN4/c1-30-24-26-33(27-25-30)48-39-22-12-9-19-36(39)45-35-18-8-11-21-38(35)47(32-16-6-3-7-17-32)41-28-34(29-42(48)43(41)45)49-40-23-13-10-20-37(40)46-44(49)31-14-4-2-5-15-31/h2-29H,1H3. The molecule has 0 atom stereocenters. The van der Waals surface area contributed by atoms with Crippen LogP contribution >= 0.6 is 0 Å². The van der Waals surface area contributed by atoms with Gasteiger partial charge in [-0.25, -0.2) is 4.98 Å². The summed E-state index contributed by atoms with van der Waals surface area (Å²) in [6.45, 7) is 2.22. The van der Waals surface area contributed by atoms with Crippen LogP contribution in [0.1, 0.15) is 5.56 Å². The number of anilines is 6. The quantitative estimate of drug-likeness (QED) is 0.182. The maximum Gasteiger partial charge on any atom is 0.252 e. The van der Waals surface area contributed by atoms with Crippen molar-refractivity contribution in [3.05, 3.63) is 175 Å². The van der Waals surface area contributed by atoms with Crippen molar-refractivity contribution in [2.45, 2.75) is 6.92 Å². The van der Waals surface area contributed by atoms with Gasteiger partial charge in [0.25, 0.3) is 6.71 Å². The first-order valence-corrected chi connectivity index (χ1v) is 16.9. The molecule has 8 aromatic rings. The van der Waals surface area contributed by atoms with Crippen LogP contribution in [-0.2, 0) is 0 Å². The van der Waals surface area contributed by atoms with E-state index in [0.29, 0.717) is 0 Å². The summed E-state index contributed by atoms with van der Waals surface area (Å²) in [5.41, 5.74) is 16.4. The molecule has 1 aromatic heterocycles. The number of para-hydroxylation sites is 5. The van der Waals surface area contributed by atoms with Crippen molar-refractivity contribution in [1.82, 2.24) is 9.55 Å². The van der Waals surface area contributed by atoms with E-state index in [9.17, 15) is 0 Å². The van der Waals surface area contributed by atoms with Gasteiger partial charge < -0.3 is 9.80 Å². The molecule has 0 fully saturated rings. The van der Waals surface area contributed by atoms with Crippen LogP contribution in [0.4, 0.5) is 34.1 Å². The molecule has 0 saturated carbocycles. The average molecular weight is 627 g/mol. The van der Waals surface area contributed by atoms with E-state index in [1.54, 1.807) is 0 Å². The Kier molecular flexibility index (Phi) is 6.15. The molecule has 0 saturated heterocycles. The number of hydrogen-bond donors (Lipinski definition) is 0. The Morgan fingerprint density at radius 3 is 1.65 bits per heavy atom. The SMILES string of the molecule is Cc1ccc(N2c3ccccc3B3c4ccccc4N(c4ccccc4)c4cc(-n5c(-c6ccccc6)nc6ccccc65)cc2c43)cc1. The number of benzene rings is 7. The fourth-order valence-electron chi connectivity index (χ4n) is 7.91. The number of fused-ring (bicyclic) bond motifs is 5. The second-order valence-electron chi connectivity index (χ2n) is 12.9. The second-order valence-corrected chi connectivity index (χ2v) is 12.9. The van der Waals surface area contributed by atoms with Gasteiger partial charge in [-0.05, 0) is 84.0 Å². The predicted molar refractivity (Wildman–Crippen MR) is 205 cm³/mol. The van der Waals surface area contributed by atoms with Crippen molar-refractivity contribution in [3.63, 3.8) is 0 Å². The first kappa shape index (κ1) is 27.8. The zero-order valence-electron chi connectivity index (χ0n) is 27.0. The van der Waals surface area contributed by atoms with Crippen LogP contribution in [-0.4, -0.2) is 16.3 Å². The van der Waals surface area contributed by atoms with Gasteiger partial charge in [-0.15, -0.1) is 0 Å². The third-order valence-electron chi connectivity index (χ3n) is 10.0. The molecule has 0 spiro atoms. The van der Waals surface area contributed by atoms with Gasteiger partial charge in [0.15, 0.2) is 0 Å². The zero-order chi connectivity index (χ0) is 32.5. The minimum Gasteiger partial charge on any atom is -0.311 e. The van der Waals surface area contributed by atoms with Crippen LogP contribution in [0.15, 0.2) is 170 Å². The van der Waals surface area contributed by atoms with Crippen molar-refractivity contribution < 1.29 is 0 Å². The lowest BCUT2D eigenvalue weighted by Gasteiger charge is -2.44. The van der Waals surface area contributed by atoms with Gasteiger partial charge in [0.05, 0.1) is 16.7 Å². The molecule has 2 aliphatic rings. The van der Waals surface area contributed by atoms with Gasteiger partial charge in [-0.3, -0.25) is 4.57 Å². The lowest BCUT2D eigenvalue weighted by Crippen LogP contribution is -2.61. The Balaban J connectivity index is 1.35. The molecule has 0 radical (unpaired) electrons. The molecule has 7 aromatic carbocycles. The minimum absolute atomic E-state index is 0.0706. The summed E-state index contributed by atoms with van der Waals surface area (Å²) in [6.07, 6.45) is 0. The lowest BCUT2D eigenvalue weighted by atomic mass is 9.33. The van der Waals surface area contributed by atoms with Crippen molar-refractivity contribution in [2.75, 3.05) is 9.80 Å². The highest BCUT2D eigenvalue weighted by Gasteiger charge is 2.43. The van der Waals surface area contributed by atoms with Crippen LogP contribution in [0.3, 0.4) is 0 Å². The highest BCUT2D eigenvalue weighted by Crippen LogP contribution is 2.45. The molecule has 49 heavy (non-hydrogen) atoms. The smallest absolute Gasteiger partial charge is 0.252 e. The normalized spacial score (nSPS) is 12.9. The zero-order valence-corrected chi connectivity index (χ0v) is 27.0. The summed E-state index contributed by atoms with van der Waals surface area (Å²) in [5, 5.41) is 0. The fourth-order valence-corrected chi connectivity index (χ4v) is 7.91. The van der Waals surface area contributed by atoms with E-state index in [1.807, 2.05) is 0 Å². The summed E-state index contributed by atoms with van der Waals surface area (Å²) in [7, 11) is 0. The topological polar surface area (TPSA) is 24.3 Å². The molecule has 230 valence electrons. The molecule has 3 heterocycles. The number of rotatable bonds is 4. The lowest BCUT2D eigenvalue weighted by molar-refractivity contribution is 1.10. The Morgan fingerprint density at radius 2 is 1.00 bits per heavy atom. The third-order valence-corrected chi connectivity index (χ3v) is 10.0. The average Bonchev–Trinajstić information content (AvgIpc) is 3.56. The molecule has 0 bridgehead atoms. The van der Waals surface area contributed by atoms with E-state index in [-0.39, 0.29) is 6.71 Å². The molecule has 10 rings (SSSR count). The largest absolute Gasteiger partial charge is 0.311 e. The predicted octanol–water partition coefficient (Wildman–Crippen LogP) is 9.08. The van der Waals surface area contributed by atoms with Gasteiger partial charge >= 0.3 is 0 Å². The van der Waals surface area contributed by atoms with Crippen LogP contribution in [0.5, 0.6) is 0 Å². The first-order valence-electron chi connectivity index (χ1n) is 16.9. The number of aromatic nitrogens is 2. The second kappa shape index (κ2) is 10.9. The maximum atomic E-state index is 5.23. The van der Waals surface area contributed by atoms with Crippen molar-refractivity contribution >= 4 is 68.3 Å². The van der Waals surface area contributed by atoms with Crippen LogP contribution in [0, 0.1) is 6.92 Å². The monoisotopic (exact) mass is 626 g/mol. The minimum atomic E-state index is 0.0706. The van der Waals surface area contributed by atoms with E-state index in [2.05, 4.69) is 191 Å². The highest BCUT2D eigenvalue weighted by molar-refractivity contribution is 7.00. The van der Waals surface area contributed by atoms with Crippen LogP contribution < -0.4 is 26.2 Å². The Morgan fingerprint density at radius 1 is 0.469 bits per heavy atom. The molecule has 0 N–H and O–H groups in total. The molecule has 0 amide bonds. The number of imidazole rings is 1. The van der Waals surface area contributed by atoms with Gasteiger partial charge in [0, 0.05) is 39.7 Å². The van der Waals surface area contributed by atoms with Crippen molar-refractivity contribution in [2.24, 2.45) is 0 Å². The number of hydrogen-bond acceptors (Lipinski definition) is 3. The Labute approximate surface area is 286 Å². The van der Waals surface area contributed by atoms with Crippen LogP contribution in [0.25, 0.3) is 28.1 Å². The summed E-state index contributed by atoms with van der Waals surface area (Å²) in [4.78, 5) is 10.1. The van der Waals surface area contributed by atoms with Crippen LogP contribution in [0.2, 0.25) is 0 Å². The van der Waals surface area contributed by atoms with Gasteiger partial charge in [-0.1, -0.05) is 115 Å². The van der Waals surface area contributed by atoms with Crippen molar-refractivity contribution in [3.8, 4) is 17.1 Å². The molecule has 2 aliphatic heterocycles. The molecule has 5 heteroatoms. The molecular weight excluding hydrogens is 595 g/mol. The fraction of sp³-hybridized carbons (Fsp3) is 0.0227. The van der Waals surface area contributed by atoms with E-state index in [0.717, 1.165) is 39.5 Å². The van der Waals surface area contributed by atoms with Gasteiger partial charge in [0.2, 0.25) is 0 Å². The van der Waals surface area contributed by atoms with E-state index >= 15 is 0 Å². The number of nitrogens with zero attached hydrogens (tertiary/aromatic N) is 4. The highest BCUT2D eigenvalue weighted by atomic mass is 15.2. The van der Waals surface area contributed by atoms with Gasteiger partial charge in [0.1, 0.15) is 5.82 Å². The Bertz CT molecular complexity index is 2520. The summed E-state index contributed by atoms with van der Waals surface area (Å²) >= 11 is 0. The van der Waals surface area contributed by atoms with Gasteiger partial charge in [-0.2, -0.15) is 0 Å². The third kappa shape index (κ3) is 4.22. The summed E-state index contributed by atoms with van der Waals surface area (Å²) in [5.74, 6) is 0.922. The molecular formula is C44H31BN4. The summed E-state index contributed by atoms with van der Waals surface area (Å²) in [6, 6.07) is 61.3. The molecule has 4 nitrogen and oxygen atoms in total. The first-order chi connectivity index (χ1) is 24.2. The maximum absolute atomic E-state index is 5.23. The number of aryl methyl sites for hydroxylation is 1. The van der Waals surface area contributed by atoms with E-state index in [1.165, 1.54) is 44.7 Å². The Hall–Kier alpha value is -6.33. The van der Waals surface area contributed by atoms with Crippen molar-refractivity contribution in [1.29, 1.82) is 0 Å². The molecule has 0 aliphatic carbocycles. The van der Waals surface area contributed by atoms with E-state index < -0.39 is 0 Å². The van der Waals surface area contributed by atoms with E-state index in [4.69, 9.17) is 4.98 Å². The summed E-state index contributed by atoms with van der Waals surface area (Å²) < 4.78 is 2.34. The molecule has 0 unspecified atom stereocenters.